The van der Waals surface area contributed by atoms with Crippen molar-refractivity contribution in [3.8, 4) is 0 Å². The highest BCUT2D eigenvalue weighted by molar-refractivity contribution is 5.18. The molecule has 1 atom stereocenters. The molecule has 3 nitrogen and oxygen atoms in total. The number of piperazine rings is 1. The van der Waals surface area contributed by atoms with E-state index in [9.17, 15) is 0 Å². The van der Waals surface area contributed by atoms with Crippen LogP contribution in [0.15, 0.2) is 30.3 Å². The molecule has 3 heteroatoms. The van der Waals surface area contributed by atoms with Gasteiger partial charge in [0.1, 0.15) is 0 Å². The molecule has 0 radical (unpaired) electrons. The molecule has 1 aliphatic rings. The maximum atomic E-state index is 5.87. The number of hydrogen-bond acceptors (Lipinski definition) is 3. The zero-order valence-corrected chi connectivity index (χ0v) is 12.5. The van der Waals surface area contributed by atoms with Gasteiger partial charge in [0.05, 0.1) is 0 Å². The summed E-state index contributed by atoms with van der Waals surface area (Å²) in [4.78, 5) is 5.08. The van der Waals surface area contributed by atoms with Crippen LogP contribution in [0, 0.1) is 0 Å². The Labute approximate surface area is 117 Å². The van der Waals surface area contributed by atoms with Crippen molar-refractivity contribution >= 4 is 0 Å². The lowest BCUT2D eigenvalue weighted by atomic mass is 10.0. The molecule has 1 aromatic rings. The summed E-state index contributed by atoms with van der Waals surface area (Å²) in [5.41, 5.74) is 7.41. The van der Waals surface area contributed by atoms with Crippen LogP contribution >= 0.6 is 0 Å². The van der Waals surface area contributed by atoms with Crippen molar-refractivity contribution in [3.05, 3.63) is 35.9 Å². The lowest BCUT2D eigenvalue weighted by Crippen LogP contribution is -2.57. The molecular weight excluding hydrogens is 234 g/mol. The minimum absolute atomic E-state index is 0.127. The van der Waals surface area contributed by atoms with E-state index in [1.165, 1.54) is 5.56 Å². The third kappa shape index (κ3) is 3.35. The van der Waals surface area contributed by atoms with Crippen LogP contribution in [-0.4, -0.2) is 48.1 Å². The van der Waals surface area contributed by atoms with E-state index in [2.05, 4.69) is 60.9 Å². The largest absolute Gasteiger partial charge is 0.329 e. The van der Waals surface area contributed by atoms with Crippen LogP contribution in [0.4, 0.5) is 0 Å². The first kappa shape index (κ1) is 14.5. The fourth-order valence-electron chi connectivity index (χ4n) is 2.79. The standard InChI is InChI=1S/C16H27N3/c1-14(15-7-5-4-6-8-15)18-9-11-19(12-10-18)16(2,3)13-17/h4-8,14H,9-13,17H2,1-3H3. The third-order valence-corrected chi connectivity index (χ3v) is 4.50. The molecule has 1 unspecified atom stereocenters. The fraction of sp³-hybridized carbons (Fsp3) is 0.625. The number of nitrogens with two attached hydrogens (primary N) is 1. The number of nitrogens with zero attached hydrogens (tertiary/aromatic N) is 2. The van der Waals surface area contributed by atoms with Gasteiger partial charge in [-0.25, -0.2) is 0 Å². The van der Waals surface area contributed by atoms with E-state index >= 15 is 0 Å². The highest BCUT2D eigenvalue weighted by Crippen LogP contribution is 2.23. The van der Waals surface area contributed by atoms with Crippen LogP contribution in [0.25, 0.3) is 0 Å². The first-order chi connectivity index (χ1) is 9.04. The lowest BCUT2D eigenvalue weighted by Gasteiger charge is -2.45. The topological polar surface area (TPSA) is 32.5 Å². The van der Waals surface area contributed by atoms with Crippen molar-refractivity contribution < 1.29 is 0 Å². The average molecular weight is 261 g/mol. The van der Waals surface area contributed by atoms with Gasteiger partial charge >= 0.3 is 0 Å². The second kappa shape index (κ2) is 6.04. The van der Waals surface area contributed by atoms with Gasteiger partial charge in [-0.3, -0.25) is 9.80 Å². The fourth-order valence-corrected chi connectivity index (χ4v) is 2.79. The summed E-state index contributed by atoms with van der Waals surface area (Å²) in [7, 11) is 0. The maximum absolute atomic E-state index is 5.87. The van der Waals surface area contributed by atoms with E-state index < -0.39 is 0 Å². The Morgan fingerprint density at radius 3 is 2.21 bits per heavy atom. The molecule has 0 spiro atoms. The van der Waals surface area contributed by atoms with Gasteiger partial charge in [0.2, 0.25) is 0 Å². The van der Waals surface area contributed by atoms with Gasteiger partial charge in [0.25, 0.3) is 0 Å². The molecule has 106 valence electrons. The van der Waals surface area contributed by atoms with Crippen LogP contribution in [0.5, 0.6) is 0 Å². The Hall–Kier alpha value is -0.900. The Morgan fingerprint density at radius 2 is 1.68 bits per heavy atom. The van der Waals surface area contributed by atoms with Gasteiger partial charge in [-0.1, -0.05) is 30.3 Å². The van der Waals surface area contributed by atoms with E-state index in [0.29, 0.717) is 6.04 Å². The van der Waals surface area contributed by atoms with E-state index in [1.54, 1.807) is 0 Å². The van der Waals surface area contributed by atoms with E-state index in [1.807, 2.05) is 0 Å². The lowest BCUT2D eigenvalue weighted by molar-refractivity contribution is 0.0408. The average Bonchev–Trinajstić information content (AvgIpc) is 2.47. The Morgan fingerprint density at radius 1 is 1.11 bits per heavy atom. The van der Waals surface area contributed by atoms with Crippen molar-refractivity contribution in [2.24, 2.45) is 5.73 Å². The normalized spacial score (nSPS) is 20.4. The first-order valence-electron chi connectivity index (χ1n) is 7.29. The smallest absolute Gasteiger partial charge is 0.0320 e. The van der Waals surface area contributed by atoms with E-state index in [0.717, 1.165) is 32.7 Å². The van der Waals surface area contributed by atoms with Crippen molar-refractivity contribution in [2.75, 3.05) is 32.7 Å². The molecule has 1 aliphatic heterocycles. The van der Waals surface area contributed by atoms with Crippen molar-refractivity contribution in [3.63, 3.8) is 0 Å². The van der Waals surface area contributed by atoms with Crippen LogP contribution in [0.3, 0.4) is 0 Å². The monoisotopic (exact) mass is 261 g/mol. The minimum atomic E-state index is 0.127. The Kier molecular flexibility index (Phi) is 4.61. The number of rotatable bonds is 4. The number of benzene rings is 1. The zero-order valence-electron chi connectivity index (χ0n) is 12.5. The summed E-state index contributed by atoms with van der Waals surface area (Å²) in [6, 6.07) is 11.3. The maximum Gasteiger partial charge on any atom is 0.0320 e. The van der Waals surface area contributed by atoms with Gasteiger partial charge < -0.3 is 5.73 Å². The molecule has 0 aliphatic carbocycles. The summed E-state index contributed by atoms with van der Waals surface area (Å²) in [5.74, 6) is 0. The summed E-state index contributed by atoms with van der Waals surface area (Å²) in [6.45, 7) is 12.0. The van der Waals surface area contributed by atoms with E-state index in [-0.39, 0.29) is 5.54 Å². The van der Waals surface area contributed by atoms with Crippen molar-refractivity contribution in [2.45, 2.75) is 32.4 Å². The highest BCUT2D eigenvalue weighted by atomic mass is 15.3. The predicted octanol–water partition coefficient (Wildman–Crippen LogP) is 2.10. The van der Waals surface area contributed by atoms with E-state index in [4.69, 9.17) is 5.73 Å². The summed E-state index contributed by atoms with van der Waals surface area (Å²) in [5, 5.41) is 0. The van der Waals surface area contributed by atoms with Gasteiger partial charge in [0, 0.05) is 44.3 Å². The molecule has 19 heavy (non-hydrogen) atoms. The molecule has 0 saturated carbocycles. The molecule has 1 saturated heterocycles. The number of hydrogen-bond donors (Lipinski definition) is 1. The Balaban J connectivity index is 1.93. The zero-order chi connectivity index (χ0) is 13.9. The van der Waals surface area contributed by atoms with Gasteiger partial charge in [-0.15, -0.1) is 0 Å². The third-order valence-electron chi connectivity index (χ3n) is 4.50. The highest BCUT2D eigenvalue weighted by Gasteiger charge is 2.30. The van der Waals surface area contributed by atoms with Gasteiger partial charge in [-0.05, 0) is 26.3 Å². The van der Waals surface area contributed by atoms with Crippen LogP contribution in [0.1, 0.15) is 32.4 Å². The molecule has 2 rings (SSSR count). The second-order valence-corrected chi connectivity index (χ2v) is 6.13. The molecular formula is C16H27N3. The van der Waals surface area contributed by atoms with Gasteiger partial charge in [-0.2, -0.15) is 0 Å². The molecule has 2 N–H and O–H groups in total. The predicted molar refractivity (Wildman–Crippen MR) is 81.1 cm³/mol. The first-order valence-corrected chi connectivity index (χ1v) is 7.29. The molecule has 1 heterocycles. The molecule has 0 amide bonds. The van der Waals surface area contributed by atoms with Crippen molar-refractivity contribution in [1.82, 2.24) is 9.80 Å². The molecule has 0 bridgehead atoms. The Bertz CT molecular complexity index is 380. The van der Waals surface area contributed by atoms with Crippen LogP contribution in [-0.2, 0) is 0 Å². The minimum Gasteiger partial charge on any atom is -0.329 e. The van der Waals surface area contributed by atoms with Gasteiger partial charge in [0.15, 0.2) is 0 Å². The molecule has 1 fully saturated rings. The summed E-state index contributed by atoms with van der Waals surface area (Å²) in [6.07, 6.45) is 0. The van der Waals surface area contributed by atoms with Crippen molar-refractivity contribution in [1.29, 1.82) is 0 Å². The summed E-state index contributed by atoms with van der Waals surface area (Å²) >= 11 is 0. The van der Waals surface area contributed by atoms with Crippen LogP contribution in [0.2, 0.25) is 0 Å². The SMILES string of the molecule is CC(c1ccccc1)N1CCN(C(C)(C)CN)CC1. The molecule has 1 aromatic carbocycles. The second-order valence-electron chi connectivity index (χ2n) is 6.13. The summed E-state index contributed by atoms with van der Waals surface area (Å²) < 4.78 is 0. The quantitative estimate of drug-likeness (QED) is 0.901. The van der Waals surface area contributed by atoms with Crippen LogP contribution < -0.4 is 5.73 Å². The molecule has 0 aromatic heterocycles.